The van der Waals surface area contributed by atoms with Crippen LogP contribution < -0.4 is 15.4 Å². The zero-order chi connectivity index (χ0) is 13.9. The van der Waals surface area contributed by atoms with Crippen molar-refractivity contribution in [2.75, 3.05) is 30.3 Å². The number of piperidine rings is 1. The summed E-state index contributed by atoms with van der Waals surface area (Å²) in [5.74, 6) is 2.59. The molecule has 1 saturated carbocycles. The first-order chi connectivity index (χ1) is 9.76. The Morgan fingerprint density at radius 3 is 2.75 bits per heavy atom. The predicted molar refractivity (Wildman–Crippen MR) is 77.7 cm³/mol. The third-order valence-corrected chi connectivity index (χ3v) is 4.47. The highest BCUT2D eigenvalue weighted by Crippen LogP contribution is 2.37. The van der Waals surface area contributed by atoms with Gasteiger partial charge < -0.3 is 15.4 Å². The lowest BCUT2D eigenvalue weighted by Crippen LogP contribution is -2.42. The predicted octanol–water partition coefficient (Wildman–Crippen LogP) is 1.87. The number of hydrogen-bond donors (Lipinski definition) is 1. The molecule has 6 nitrogen and oxygen atoms in total. The summed E-state index contributed by atoms with van der Waals surface area (Å²) in [6.07, 6.45) is 6.72. The summed E-state index contributed by atoms with van der Waals surface area (Å²) >= 11 is 0. The number of hydrogen-bond acceptors (Lipinski definition) is 6. The van der Waals surface area contributed by atoms with E-state index in [9.17, 15) is 0 Å². The van der Waals surface area contributed by atoms with E-state index in [0.717, 1.165) is 24.9 Å². The van der Waals surface area contributed by atoms with E-state index in [4.69, 9.17) is 10.5 Å². The maximum Gasteiger partial charge on any atom is 0.323 e. The van der Waals surface area contributed by atoms with Crippen LogP contribution in [0.15, 0.2) is 0 Å². The van der Waals surface area contributed by atoms with Crippen LogP contribution in [-0.2, 0) is 0 Å². The molecule has 0 amide bonds. The lowest BCUT2D eigenvalue weighted by atomic mass is 9.75. The first-order valence-electron chi connectivity index (χ1n) is 7.65. The Labute approximate surface area is 119 Å². The first kappa shape index (κ1) is 13.4. The second kappa shape index (κ2) is 5.81. The topological polar surface area (TPSA) is 77.2 Å². The van der Waals surface area contributed by atoms with E-state index in [-0.39, 0.29) is 5.95 Å². The van der Waals surface area contributed by atoms with Gasteiger partial charge in [-0.2, -0.15) is 15.0 Å². The Morgan fingerprint density at radius 2 is 1.95 bits per heavy atom. The molecule has 1 aromatic rings. The van der Waals surface area contributed by atoms with Crippen molar-refractivity contribution in [1.29, 1.82) is 0 Å². The van der Waals surface area contributed by atoms with Crippen LogP contribution in [0.3, 0.4) is 0 Å². The summed E-state index contributed by atoms with van der Waals surface area (Å²) in [7, 11) is 0. The smallest absolute Gasteiger partial charge is 0.323 e. The van der Waals surface area contributed by atoms with E-state index in [1.54, 1.807) is 0 Å². The molecule has 1 aliphatic carbocycles. The largest absolute Gasteiger partial charge is 0.464 e. The van der Waals surface area contributed by atoms with E-state index in [0.29, 0.717) is 18.6 Å². The number of fused-ring (bicyclic) bond motifs is 1. The Bertz CT molecular complexity index is 467. The van der Waals surface area contributed by atoms with Crippen molar-refractivity contribution in [2.45, 2.75) is 39.0 Å². The highest BCUT2D eigenvalue weighted by atomic mass is 16.5. The number of nitrogens with two attached hydrogens (primary N) is 1. The number of aromatic nitrogens is 3. The summed E-state index contributed by atoms with van der Waals surface area (Å²) < 4.78 is 5.36. The standard InChI is InChI=1S/C14H23N5O/c1-2-20-14-17-12(15)16-13(18-14)19-8-7-10-5-3-4-6-11(10)9-19/h10-11H,2-9H2,1H3,(H2,15,16,17,18). The highest BCUT2D eigenvalue weighted by Gasteiger charge is 2.32. The van der Waals surface area contributed by atoms with E-state index < -0.39 is 0 Å². The second-order valence-electron chi connectivity index (χ2n) is 5.75. The average Bonchev–Trinajstić information content (AvgIpc) is 2.46. The van der Waals surface area contributed by atoms with E-state index in [1.165, 1.54) is 32.1 Å². The zero-order valence-corrected chi connectivity index (χ0v) is 12.1. The fraction of sp³-hybridized carbons (Fsp3) is 0.786. The minimum atomic E-state index is 0.240. The lowest BCUT2D eigenvalue weighted by Gasteiger charge is -2.41. The molecule has 2 unspecified atom stereocenters. The van der Waals surface area contributed by atoms with Crippen LogP contribution >= 0.6 is 0 Å². The number of rotatable bonds is 3. The molecule has 0 spiro atoms. The molecule has 1 aromatic heterocycles. The van der Waals surface area contributed by atoms with Crippen LogP contribution in [0, 0.1) is 11.8 Å². The molecule has 0 aromatic carbocycles. The fourth-order valence-electron chi connectivity index (χ4n) is 3.48. The summed E-state index contributed by atoms with van der Waals surface area (Å²) in [6, 6.07) is 0.334. The molecule has 6 heteroatoms. The van der Waals surface area contributed by atoms with Crippen molar-refractivity contribution >= 4 is 11.9 Å². The van der Waals surface area contributed by atoms with Gasteiger partial charge in [0, 0.05) is 13.1 Å². The maximum atomic E-state index is 5.76. The van der Waals surface area contributed by atoms with Gasteiger partial charge in [0.15, 0.2) is 0 Å². The van der Waals surface area contributed by atoms with Crippen molar-refractivity contribution in [3.8, 4) is 6.01 Å². The van der Waals surface area contributed by atoms with E-state index in [2.05, 4.69) is 19.9 Å². The van der Waals surface area contributed by atoms with Crippen molar-refractivity contribution in [3.05, 3.63) is 0 Å². The van der Waals surface area contributed by atoms with Crippen LogP contribution in [0.25, 0.3) is 0 Å². The molecule has 3 rings (SSSR count). The molecule has 110 valence electrons. The first-order valence-corrected chi connectivity index (χ1v) is 7.65. The molecule has 1 aliphatic heterocycles. The molecule has 2 fully saturated rings. The summed E-state index contributed by atoms with van der Waals surface area (Å²) in [4.78, 5) is 14.9. The van der Waals surface area contributed by atoms with Gasteiger partial charge in [-0.3, -0.25) is 0 Å². The average molecular weight is 277 g/mol. The van der Waals surface area contributed by atoms with Crippen molar-refractivity contribution < 1.29 is 4.74 Å². The van der Waals surface area contributed by atoms with Gasteiger partial charge in [-0.1, -0.05) is 19.3 Å². The minimum absolute atomic E-state index is 0.240. The molecule has 2 N–H and O–H groups in total. The third-order valence-electron chi connectivity index (χ3n) is 4.47. The van der Waals surface area contributed by atoms with Crippen LogP contribution in [0.2, 0.25) is 0 Å². The van der Waals surface area contributed by atoms with Crippen molar-refractivity contribution in [2.24, 2.45) is 11.8 Å². The van der Waals surface area contributed by atoms with Crippen LogP contribution in [0.5, 0.6) is 6.01 Å². The van der Waals surface area contributed by atoms with Gasteiger partial charge >= 0.3 is 6.01 Å². The molecular weight excluding hydrogens is 254 g/mol. The monoisotopic (exact) mass is 277 g/mol. The summed E-state index contributed by atoms with van der Waals surface area (Å²) in [5.41, 5.74) is 5.76. The Morgan fingerprint density at radius 1 is 1.15 bits per heavy atom. The Balaban J connectivity index is 1.75. The molecule has 1 saturated heterocycles. The molecule has 2 aliphatic rings. The molecule has 2 heterocycles. The van der Waals surface area contributed by atoms with Crippen molar-refractivity contribution in [1.82, 2.24) is 15.0 Å². The minimum Gasteiger partial charge on any atom is -0.464 e. The van der Waals surface area contributed by atoms with Crippen molar-refractivity contribution in [3.63, 3.8) is 0 Å². The van der Waals surface area contributed by atoms with Gasteiger partial charge in [-0.15, -0.1) is 0 Å². The van der Waals surface area contributed by atoms with Gasteiger partial charge in [0.25, 0.3) is 0 Å². The number of anilines is 2. The van der Waals surface area contributed by atoms with Crippen LogP contribution in [0.4, 0.5) is 11.9 Å². The number of ether oxygens (including phenoxy) is 1. The normalized spacial score (nSPS) is 26.1. The van der Waals surface area contributed by atoms with E-state index in [1.807, 2.05) is 6.92 Å². The molecule has 20 heavy (non-hydrogen) atoms. The van der Waals surface area contributed by atoms with Gasteiger partial charge in [0.1, 0.15) is 0 Å². The van der Waals surface area contributed by atoms with Gasteiger partial charge in [-0.25, -0.2) is 0 Å². The van der Waals surface area contributed by atoms with Gasteiger partial charge in [-0.05, 0) is 31.6 Å². The Hall–Kier alpha value is -1.59. The maximum absolute atomic E-state index is 5.76. The van der Waals surface area contributed by atoms with Gasteiger partial charge in [0.2, 0.25) is 11.9 Å². The highest BCUT2D eigenvalue weighted by molar-refractivity contribution is 5.36. The van der Waals surface area contributed by atoms with Crippen LogP contribution in [-0.4, -0.2) is 34.6 Å². The SMILES string of the molecule is CCOc1nc(N)nc(N2CCC3CCCCC3C2)n1. The molecular formula is C14H23N5O. The fourth-order valence-corrected chi connectivity index (χ4v) is 3.48. The summed E-state index contributed by atoms with van der Waals surface area (Å²) in [5, 5.41) is 0. The number of nitrogens with zero attached hydrogens (tertiary/aromatic N) is 4. The summed E-state index contributed by atoms with van der Waals surface area (Å²) in [6.45, 7) is 4.50. The second-order valence-corrected chi connectivity index (χ2v) is 5.75. The quantitative estimate of drug-likeness (QED) is 0.908. The lowest BCUT2D eigenvalue weighted by molar-refractivity contribution is 0.201. The van der Waals surface area contributed by atoms with Gasteiger partial charge in [0.05, 0.1) is 6.61 Å². The molecule has 0 radical (unpaired) electrons. The molecule has 0 bridgehead atoms. The Kier molecular flexibility index (Phi) is 3.89. The van der Waals surface area contributed by atoms with E-state index >= 15 is 0 Å². The zero-order valence-electron chi connectivity index (χ0n) is 12.1. The van der Waals surface area contributed by atoms with Crippen LogP contribution in [0.1, 0.15) is 39.0 Å². The molecule has 2 atom stereocenters. The number of nitrogen functional groups attached to an aromatic ring is 1. The third kappa shape index (κ3) is 2.78.